The number of carbonyl (C=O) groups is 1. The number of ether oxygens (including phenoxy) is 1. The molecule has 15 heteroatoms. The molecule has 1 amide bonds. The zero-order chi connectivity index (χ0) is 29.4. The van der Waals surface area contributed by atoms with Gasteiger partial charge in [-0.15, -0.1) is 16.4 Å². The molecule has 220 valence electrons. The van der Waals surface area contributed by atoms with Gasteiger partial charge >= 0.3 is 12.4 Å². The molecule has 2 aromatic heterocycles. The maximum atomic E-state index is 15.4. The van der Waals surface area contributed by atoms with Gasteiger partial charge in [-0.2, -0.15) is 26.3 Å². The summed E-state index contributed by atoms with van der Waals surface area (Å²) in [6.45, 7) is -0.0407. The molecule has 1 aliphatic carbocycles. The van der Waals surface area contributed by atoms with Gasteiger partial charge in [-0.05, 0) is 78.3 Å². The Balaban J connectivity index is 1.44. The monoisotopic (exact) mass is 603 g/mol. The molecule has 1 saturated carbocycles. The van der Waals surface area contributed by atoms with Crippen LogP contribution < -0.4 is 10.1 Å². The molecule has 0 bridgehead atoms. The predicted octanol–water partition coefficient (Wildman–Crippen LogP) is 6.67. The number of hydrogen-bond donors (Lipinski definition) is 2. The van der Waals surface area contributed by atoms with Crippen LogP contribution in [0, 0.1) is 5.82 Å². The second kappa shape index (κ2) is 11.1. The Labute approximate surface area is 233 Å². The number of unbranched alkanes of at least 4 members (excludes halogenated alkanes) is 2. The van der Waals surface area contributed by atoms with Crippen LogP contribution in [-0.4, -0.2) is 45.5 Å². The third-order valence-corrected chi connectivity index (χ3v) is 8.35. The zero-order valence-corrected chi connectivity index (χ0v) is 22.1. The average molecular weight is 604 g/mol. The van der Waals surface area contributed by atoms with Crippen LogP contribution in [0.2, 0.25) is 0 Å². The first kappa shape index (κ1) is 29.0. The van der Waals surface area contributed by atoms with E-state index in [1.54, 1.807) is 6.07 Å². The molecule has 0 spiro atoms. The SMILES string of the molecule is O=C1NC(c2ccc(OCCCCCC(F)(F)F)cc2F)(C(F)(F)F)CC(c2ccc(C3CC3)s2)=C1c1nnn[nH]1. The minimum atomic E-state index is -5.11. The number of aromatic nitrogens is 4. The minimum Gasteiger partial charge on any atom is -0.493 e. The molecule has 1 aliphatic heterocycles. The number of tetrazole rings is 1. The van der Waals surface area contributed by atoms with Crippen molar-refractivity contribution in [2.45, 2.75) is 68.8 Å². The minimum absolute atomic E-state index is 0.0279. The lowest BCUT2D eigenvalue weighted by atomic mass is 9.77. The average Bonchev–Trinajstić information content (AvgIpc) is 3.37. The Bertz CT molecular complexity index is 1430. The Kier molecular flexibility index (Phi) is 7.83. The van der Waals surface area contributed by atoms with E-state index in [0.717, 1.165) is 35.9 Å². The summed E-state index contributed by atoms with van der Waals surface area (Å²) in [6, 6.07) is 6.30. The number of amides is 1. The normalized spacial score (nSPS) is 19.9. The maximum Gasteiger partial charge on any atom is 0.416 e. The van der Waals surface area contributed by atoms with Crippen LogP contribution in [-0.2, 0) is 10.3 Å². The number of aromatic amines is 1. The van der Waals surface area contributed by atoms with Crippen molar-refractivity contribution in [1.29, 1.82) is 0 Å². The lowest BCUT2D eigenvalue weighted by molar-refractivity contribution is -0.202. The Morgan fingerprint density at radius 3 is 2.46 bits per heavy atom. The van der Waals surface area contributed by atoms with Crippen LogP contribution in [0.3, 0.4) is 0 Å². The molecule has 2 N–H and O–H groups in total. The summed E-state index contributed by atoms with van der Waals surface area (Å²) in [4.78, 5) is 14.7. The van der Waals surface area contributed by atoms with Gasteiger partial charge in [-0.25, -0.2) is 9.49 Å². The molecular weight excluding hydrogens is 579 g/mol. The first-order valence-corrected chi connectivity index (χ1v) is 13.7. The number of rotatable bonds is 10. The highest BCUT2D eigenvalue weighted by Crippen LogP contribution is 2.52. The number of thiophene rings is 1. The summed E-state index contributed by atoms with van der Waals surface area (Å²) in [6.07, 6.45) is -8.81. The van der Waals surface area contributed by atoms with E-state index in [-0.39, 0.29) is 48.6 Å². The molecule has 3 aromatic rings. The van der Waals surface area contributed by atoms with E-state index < -0.39 is 48.0 Å². The van der Waals surface area contributed by atoms with Crippen molar-refractivity contribution in [3.8, 4) is 5.75 Å². The second-order valence-electron chi connectivity index (χ2n) is 10.0. The summed E-state index contributed by atoms with van der Waals surface area (Å²) < 4.78 is 102. The molecule has 5 rings (SSSR count). The highest BCUT2D eigenvalue weighted by molar-refractivity contribution is 7.13. The van der Waals surface area contributed by atoms with Crippen LogP contribution >= 0.6 is 11.3 Å². The van der Waals surface area contributed by atoms with Crippen molar-refractivity contribution >= 4 is 28.4 Å². The molecule has 0 radical (unpaired) electrons. The fraction of sp³-hybridized carbons (Fsp3) is 0.462. The largest absolute Gasteiger partial charge is 0.493 e. The van der Waals surface area contributed by atoms with Crippen molar-refractivity contribution in [3.63, 3.8) is 0 Å². The molecule has 0 saturated heterocycles. The quantitative estimate of drug-likeness (QED) is 0.200. The van der Waals surface area contributed by atoms with E-state index in [1.165, 1.54) is 11.3 Å². The van der Waals surface area contributed by atoms with E-state index in [4.69, 9.17) is 4.74 Å². The third-order valence-electron chi connectivity index (χ3n) is 7.04. The Hall–Kier alpha value is -3.49. The molecule has 3 heterocycles. The molecule has 2 aliphatic rings. The van der Waals surface area contributed by atoms with Crippen molar-refractivity contribution in [3.05, 3.63) is 57.3 Å². The van der Waals surface area contributed by atoms with E-state index in [2.05, 4.69) is 20.6 Å². The van der Waals surface area contributed by atoms with Gasteiger partial charge in [-0.3, -0.25) is 4.79 Å². The number of alkyl halides is 6. The molecular formula is C26H24F7N5O2S. The zero-order valence-electron chi connectivity index (χ0n) is 21.3. The third kappa shape index (κ3) is 6.23. The molecule has 1 unspecified atom stereocenters. The summed E-state index contributed by atoms with van der Waals surface area (Å²) >= 11 is 1.28. The fourth-order valence-electron chi connectivity index (χ4n) is 4.83. The summed E-state index contributed by atoms with van der Waals surface area (Å²) in [7, 11) is 0. The van der Waals surface area contributed by atoms with Crippen molar-refractivity contribution < 1.29 is 40.3 Å². The lowest BCUT2D eigenvalue weighted by Crippen LogP contribution is -2.58. The number of carbonyl (C=O) groups excluding carboxylic acids is 1. The van der Waals surface area contributed by atoms with Crippen LogP contribution in [0.4, 0.5) is 30.7 Å². The standard InChI is InChI=1S/C26H24F7N5O2S/c27-18-12-15(40-11-3-1-2-10-25(28,29)30)6-7-17(18)24(26(31,32)33)13-16(20-9-8-19(41-20)14-4-5-14)21(23(39)34-24)22-35-37-38-36-22/h6-9,12,14H,1-5,10-11,13H2,(H,34,39)(H,35,36,37,38). The summed E-state index contributed by atoms with van der Waals surface area (Å²) in [5, 5.41) is 15.1. The van der Waals surface area contributed by atoms with Crippen molar-refractivity contribution in [2.24, 2.45) is 0 Å². The predicted molar refractivity (Wildman–Crippen MR) is 134 cm³/mol. The van der Waals surface area contributed by atoms with E-state index >= 15 is 4.39 Å². The fourth-order valence-corrected chi connectivity index (χ4v) is 6.06. The van der Waals surface area contributed by atoms with Gasteiger partial charge in [0.25, 0.3) is 5.91 Å². The molecule has 7 nitrogen and oxygen atoms in total. The second-order valence-corrected chi connectivity index (χ2v) is 11.1. The molecule has 1 atom stereocenters. The van der Waals surface area contributed by atoms with E-state index in [9.17, 15) is 31.1 Å². The number of nitrogens with zero attached hydrogens (tertiary/aromatic N) is 3. The van der Waals surface area contributed by atoms with Gasteiger partial charge in [0.15, 0.2) is 11.4 Å². The number of halogens is 7. The van der Waals surface area contributed by atoms with E-state index in [0.29, 0.717) is 10.8 Å². The first-order chi connectivity index (χ1) is 19.4. The van der Waals surface area contributed by atoms with Crippen LogP contribution in [0.1, 0.15) is 72.0 Å². The van der Waals surface area contributed by atoms with Crippen LogP contribution in [0.5, 0.6) is 5.75 Å². The first-order valence-electron chi connectivity index (χ1n) is 12.8. The van der Waals surface area contributed by atoms with Crippen LogP contribution in [0.25, 0.3) is 11.1 Å². The van der Waals surface area contributed by atoms with E-state index in [1.807, 2.05) is 11.4 Å². The Morgan fingerprint density at radius 2 is 1.83 bits per heavy atom. The molecule has 1 aromatic carbocycles. The number of benzene rings is 1. The number of nitrogens with one attached hydrogen (secondary N) is 2. The van der Waals surface area contributed by atoms with Gasteiger partial charge in [0.1, 0.15) is 11.6 Å². The smallest absolute Gasteiger partial charge is 0.416 e. The summed E-state index contributed by atoms with van der Waals surface area (Å²) in [5.74, 6) is -2.26. The Morgan fingerprint density at radius 1 is 1.05 bits per heavy atom. The van der Waals surface area contributed by atoms with Crippen molar-refractivity contribution in [1.82, 2.24) is 25.9 Å². The molecule has 41 heavy (non-hydrogen) atoms. The number of hydrogen-bond acceptors (Lipinski definition) is 6. The highest BCUT2D eigenvalue weighted by atomic mass is 32.1. The van der Waals surface area contributed by atoms with Gasteiger partial charge in [0.05, 0.1) is 12.2 Å². The van der Waals surface area contributed by atoms with Crippen LogP contribution in [0.15, 0.2) is 30.3 Å². The van der Waals surface area contributed by atoms with Gasteiger partial charge in [-0.1, -0.05) is 0 Å². The van der Waals surface area contributed by atoms with Gasteiger partial charge in [0, 0.05) is 34.2 Å². The topological polar surface area (TPSA) is 92.8 Å². The van der Waals surface area contributed by atoms with Gasteiger partial charge in [0.2, 0.25) is 0 Å². The number of H-pyrrole nitrogens is 1. The van der Waals surface area contributed by atoms with Gasteiger partial charge < -0.3 is 10.1 Å². The van der Waals surface area contributed by atoms with Crippen molar-refractivity contribution in [2.75, 3.05) is 6.61 Å². The maximum absolute atomic E-state index is 15.4. The summed E-state index contributed by atoms with van der Waals surface area (Å²) in [5.41, 5.74) is -4.05. The highest BCUT2D eigenvalue weighted by Gasteiger charge is 2.61. The lowest BCUT2D eigenvalue weighted by Gasteiger charge is -2.41. The molecule has 1 fully saturated rings.